The van der Waals surface area contributed by atoms with Crippen LogP contribution in [0.25, 0.3) is 0 Å². The molecule has 0 saturated heterocycles. The number of aromatic nitrogens is 2. The molecule has 0 fully saturated rings. The summed E-state index contributed by atoms with van der Waals surface area (Å²) in [5.41, 5.74) is 0.0300. The second kappa shape index (κ2) is 5.41. The molecule has 0 aromatic carbocycles. The highest BCUT2D eigenvalue weighted by Gasteiger charge is 2.21. The highest BCUT2D eigenvalue weighted by Crippen LogP contribution is 2.16. The summed E-state index contributed by atoms with van der Waals surface area (Å²) in [6.45, 7) is 0. The number of aromatic carboxylic acids is 1. The summed E-state index contributed by atoms with van der Waals surface area (Å²) in [6.07, 6.45) is 1.24. The van der Waals surface area contributed by atoms with Crippen LogP contribution in [0.4, 0.5) is 11.6 Å². The van der Waals surface area contributed by atoms with Gasteiger partial charge in [-0.2, -0.15) is 0 Å². The van der Waals surface area contributed by atoms with Crippen molar-refractivity contribution in [1.82, 2.24) is 9.55 Å². The summed E-state index contributed by atoms with van der Waals surface area (Å²) in [5, 5.41) is 22.0. The number of anilines is 1. The fourth-order valence-corrected chi connectivity index (χ4v) is 1.72. The number of nitro groups is 1. The van der Waals surface area contributed by atoms with Crippen LogP contribution in [0.1, 0.15) is 20.8 Å². The topological polar surface area (TPSA) is 127 Å². The number of hydrogen-bond donors (Lipinski definition) is 2. The molecule has 9 nitrogen and oxygen atoms in total. The van der Waals surface area contributed by atoms with Gasteiger partial charge in [0.05, 0.1) is 12.6 Å². The summed E-state index contributed by atoms with van der Waals surface area (Å²) < 4.78 is 1.12. The minimum absolute atomic E-state index is 0.0295. The Kier molecular flexibility index (Phi) is 3.65. The number of nitrogens with one attached hydrogen (secondary N) is 1. The zero-order chi connectivity index (χ0) is 15.6. The minimum Gasteiger partial charge on any atom is -0.478 e. The molecule has 0 unspecified atom stereocenters. The van der Waals surface area contributed by atoms with Crippen molar-refractivity contribution in [3.8, 4) is 0 Å². The number of nitrogens with zero attached hydrogens (tertiary/aromatic N) is 3. The van der Waals surface area contributed by atoms with Crippen LogP contribution < -0.4 is 5.32 Å². The van der Waals surface area contributed by atoms with Gasteiger partial charge in [0.1, 0.15) is 5.82 Å². The molecule has 2 aromatic heterocycles. The number of carbonyl (C=O) groups is 2. The van der Waals surface area contributed by atoms with Gasteiger partial charge in [0.25, 0.3) is 5.91 Å². The first-order valence-electron chi connectivity index (χ1n) is 5.71. The first-order valence-corrected chi connectivity index (χ1v) is 5.71. The highest BCUT2D eigenvalue weighted by molar-refractivity contribution is 6.03. The Morgan fingerprint density at radius 1 is 1.38 bits per heavy atom. The lowest BCUT2D eigenvalue weighted by Gasteiger charge is -2.04. The van der Waals surface area contributed by atoms with Crippen molar-refractivity contribution < 1.29 is 19.6 Å². The zero-order valence-electron chi connectivity index (χ0n) is 10.8. The Hall–Kier alpha value is -3.23. The maximum Gasteiger partial charge on any atom is 0.335 e. The average Bonchev–Trinajstić information content (AvgIpc) is 2.81. The number of carboxylic acid groups (broad SMARTS) is 1. The van der Waals surface area contributed by atoms with Gasteiger partial charge in [0.2, 0.25) is 0 Å². The van der Waals surface area contributed by atoms with Crippen molar-refractivity contribution in [2.75, 3.05) is 5.32 Å². The molecule has 0 aliphatic rings. The van der Waals surface area contributed by atoms with Gasteiger partial charge in [-0.3, -0.25) is 4.79 Å². The molecule has 1 amide bonds. The molecular weight excluding hydrogens is 280 g/mol. The minimum atomic E-state index is -1.15. The fourth-order valence-electron chi connectivity index (χ4n) is 1.72. The van der Waals surface area contributed by atoms with Crippen LogP contribution in [-0.4, -0.2) is 31.5 Å². The third-order valence-electron chi connectivity index (χ3n) is 2.76. The van der Waals surface area contributed by atoms with Gasteiger partial charge in [0, 0.05) is 12.3 Å². The molecule has 2 heterocycles. The summed E-state index contributed by atoms with van der Waals surface area (Å²) in [4.78, 5) is 36.8. The van der Waals surface area contributed by atoms with Gasteiger partial charge in [-0.1, -0.05) is 0 Å². The standard InChI is InChI=1S/C12H10N4O5/c1-15-8(2-3-10(15)16(20)21)11(17)14-9-6-7(12(18)19)4-5-13-9/h2-6H,1H3,(H,18,19)(H,13,14,17). The third-order valence-corrected chi connectivity index (χ3v) is 2.76. The maximum atomic E-state index is 12.0. The molecular formula is C12H10N4O5. The second-order valence-electron chi connectivity index (χ2n) is 4.08. The zero-order valence-corrected chi connectivity index (χ0v) is 10.8. The molecule has 2 rings (SSSR count). The smallest absolute Gasteiger partial charge is 0.335 e. The summed E-state index contributed by atoms with van der Waals surface area (Å²) >= 11 is 0. The largest absolute Gasteiger partial charge is 0.478 e. The Morgan fingerprint density at radius 2 is 2.10 bits per heavy atom. The Bertz CT molecular complexity index is 737. The van der Waals surface area contributed by atoms with E-state index in [0.29, 0.717) is 0 Å². The SMILES string of the molecule is Cn1c(C(=O)Nc2cc(C(=O)O)ccn2)ccc1[N+](=O)[O-]. The molecule has 0 radical (unpaired) electrons. The molecule has 21 heavy (non-hydrogen) atoms. The van der Waals surface area contributed by atoms with E-state index in [-0.39, 0.29) is 22.9 Å². The lowest BCUT2D eigenvalue weighted by molar-refractivity contribution is -0.391. The van der Waals surface area contributed by atoms with E-state index >= 15 is 0 Å². The summed E-state index contributed by atoms with van der Waals surface area (Å²) in [7, 11) is 1.38. The predicted octanol–water partition coefficient (Wildman–Crippen LogP) is 1.28. The number of amides is 1. The molecule has 9 heteroatoms. The average molecular weight is 290 g/mol. The number of rotatable bonds is 4. The van der Waals surface area contributed by atoms with E-state index in [1.807, 2.05) is 0 Å². The summed E-state index contributed by atoms with van der Waals surface area (Å²) in [6, 6.07) is 4.98. The molecule has 0 spiro atoms. The van der Waals surface area contributed by atoms with Crippen LogP contribution in [0.5, 0.6) is 0 Å². The molecule has 0 bridgehead atoms. The maximum absolute atomic E-state index is 12.0. The van der Waals surface area contributed by atoms with Crippen molar-refractivity contribution in [3.63, 3.8) is 0 Å². The van der Waals surface area contributed by atoms with Crippen LogP contribution in [0.2, 0.25) is 0 Å². The number of pyridine rings is 1. The van der Waals surface area contributed by atoms with Crippen LogP contribution >= 0.6 is 0 Å². The predicted molar refractivity (Wildman–Crippen MR) is 71.2 cm³/mol. The van der Waals surface area contributed by atoms with Crippen LogP contribution in [0.3, 0.4) is 0 Å². The van der Waals surface area contributed by atoms with Crippen molar-refractivity contribution in [1.29, 1.82) is 0 Å². The molecule has 2 aromatic rings. The first-order chi connectivity index (χ1) is 9.90. The summed E-state index contributed by atoms with van der Waals surface area (Å²) in [5.74, 6) is -1.96. The van der Waals surface area contributed by atoms with E-state index in [9.17, 15) is 19.7 Å². The number of carboxylic acids is 1. The van der Waals surface area contributed by atoms with E-state index in [2.05, 4.69) is 10.3 Å². The van der Waals surface area contributed by atoms with Gasteiger partial charge in [-0.25, -0.2) is 14.3 Å². The van der Waals surface area contributed by atoms with E-state index < -0.39 is 16.8 Å². The van der Waals surface area contributed by atoms with Crippen LogP contribution in [0.15, 0.2) is 30.5 Å². The number of hydrogen-bond acceptors (Lipinski definition) is 5. The van der Waals surface area contributed by atoms with E-state index in [1.165, 1.54) is 37.5 Å². The lowest BCUT2D eigenvalue weighted by Crippen LogP contribution is -2.17. The molecule has 0 saturated carbocycles. The normalized spacial score (nSPS) is 10.1. The molecule has 0 aliphatic carbocycles. The van der Waals surface area contributed by atoms with Crippen molar-refractivity contribution >= 4 is 23.5 Å². The Labute approximate surface area is 118 Å². The Morgan fingerprint density at radius 3 is 2.67 bits per heavy atom. The monoisotopic (exact) mass is 290 g/mol. The quantitative estimate of drug-likeness (QED) is 0.644. The molecule has 108 valence electrons. The third kappa shape index (κ3) is 2.86. The van der Waals surface area contributed by atoms with E-state index in [0.717, 1.165) is 4.57 Å². The van der Waals surface area contributed by atoms with E-state index in [4.69, 9.17) is 5.11 Å². The second-order valence-corrected chi connectivity index (χ2v) is 4.08. The lowest BCUT2D eigenvalue weighted by atomic mass is 10.2. The van der Waals surface area contributed by atoms with Crippen LogP contribution in [-0.2, 0) is 7.05 Å². The van der Waals surface area contributed by atoms with E-state index in [1.54, 1.807) is 0 Å². The van der Waals surface area contributed by atoms with Gasteiger partial charge < -0.3 is 20.5 Å². The molecule has 2 N–H and O–H groups in total. The van der Waals surface area contributed by atoms with Gasteiger partial charge in [-0.05, 0) is 23.1 Å². The van der Waals surface area contributed by atoms with Gasteiger partial charge in [-0.15, -0.1) is 0 Å². The highest BCUT2D eigenvalue weighted by atomic mass is 16.6. The van der Waals surface area contributed by atoms with Gasteiger partial charge >= 0.3 is 11.8 Å². The van der Waals surface area contributed by atoms with Gasteiger partial charge in [0.15, 0.2) is 5.69 Å². The fraction of sp³-hybridized carbons (Fsp3) is 0.0833. The van der Waals surface area contributed by atoms with Crippen molar-refractivity contribution in [3.05, 3.63) is 51.8 Å². The molecule has 0 atom stereocenters. The van der Waals surface area contributed by atoms with Crippen LogP contribution in [0, 0.1) is 10.1 Å². The number of carbonyl (C=O) groups excluding carboxylic acids is 1. The first kappa shape index (κ1) is 14.2. The van der Waals surface area contributed by atoms with Crippen molar-refractivity contribution in [2.24, 2.45) is 7.05 Å². The Balaban J connectivity index is 2.24. The van der Waals surface area contributed by atoms with Crippen molar-refractivity contribution in [2.45, 2.75) is 0 Å². The molecule has 0 aliphatic heterocycles.